The number of rotatable bonds is 7. The van der Waals surface area contributed by atoms with Crippen LogP contribution in [0.15, 0.2) is 157 Å². The molecule has 4 heteroatoms. The van der Waals surface area contributed by atoms with Crippen LogP contribution in [0.5, 0.6) is 0 Å². The van der Waals surface area contributed by atoms with Crippen molar-refractivity contribution in [3.05, 3.63) is 174 Å². The fraction of sp³-hybridized carbons (Fsp3) is 0.143. The lowest BCUT2D eigenvalue weighted by Crippen LogP contribution is -2.29. The summed E-state index contributed by atoms with van der Waals surface area (Å²) in [5.41, 5.74) is 29.0. The molecule has 3 aliphatic rings. The summed E-state index contributed by atoms with van der Waals surface area (Å²) >= 11 is 0. The van der Waals surface area contributed by atoms with Crippen molar-refractivity contribution in [1.82, 2.24) is 5.32 Å². The van der Waals surface area contributed by atoms with Crippen LogP contribution in [0.4, 0.5) is 11.4 Å². The summed E-state index contributed by atoms with van der Waals surface area (Å²) in [5.74, 6) is 1.05. The van der Waals surface area contributed by atoms with Gasteiger partial charge in [-0.1, -0.05) is 103 Å². The third-order valence-corrected chi connectivity index (χ3v) is 9.28. The van der Waals surface area contributed by atoms with E-state index in [0.29, 0.717) is 17.5 Å². The number of allylic oxidation sites excluding steroid dienone is 10. The summed E-state index contributed by atoms with van der Waals surface area (Å²) in [5, 5.41) is 6.24. The standard InChI is InChI=1S/C42H40N4/c43-38-18-13-30(14-19-38)41(45)26-36(34-11-9-28-5-1-3-7-32(28)23-34)17-22-40-25-37(27-42(46-40)31-15-20-39(44)21-16-31)35-12-10-29-6-2-4-8-33(29)24-35/h1-9,11,13-21,23-27,29,33,40,46H,10,12,22,43-45H2/b36-17+,41-26-. The van der Waals surface area contributed by atoms with Crippen LogP contribution in [0.25, 0.3) is 27.7 Å². The van der Waals surface area contributed by atoms with Crippen molar-refractivity contribution in [2.45, 2.75) is 25.3 Å². The van der Waals surface area contributed by atoms with Crippen molar-refractivity contribution in [2.24, 2.45) is 17.6 Å². The first kappa shape index (κ1) is 29.2. The van der Waals surface area contributed by atoms with Gasteiger partial charge in [0, 0.05) is 34.7 Å². The molecule has 0 fully saturated rings. The lowest BCUT2D eigenvalue weighted by atomic mass is 9.76. The lowest BCUT2D eigenvalue weighted by Gasteiger charge is -2.31. The van der Waals surface area contributed by atoms with E-state index in [2.05, 4.69) is 115 Å². The van der Waals surface area contributed by atoms with Gasteiger partial charge in [0.25, 0.3) is 0 Å². The van der Waals surface area contributed by atoms with Crippen molar-refractivity contribution in [3.8, 4) is 0 Å². The Kier molecular flexibility index (Phi) is 8.18. The molecule has 4 aromatic carbocycles. The van der Waals surface area contributed by atoms with E-state index in [0.717, 1.165) is 52.2 Å². The maximum absolute atomic E-state index is 6.70. The van der Waals surface area contributed by atoms with Crippen LogP contribution in [0.3, 0.4) is 0 Å². The third-order valence-electron chi connectivity index (χ3n) is 9.28. The summed E-state index contributed by atoms with van der Waals surface area (Å²) in [6.45, 7) is 0. The van der Waals surface area contributed by atoms with Gasteiger partial charge >= 0.3 is 0 Å². The molecule has 3 unspecified atom stereocenters. The minimum atomic E-state index is 0.0922. The largest absolute Gasteiger partial charge is 0.399 e. The Balaban J connectivity index is 1.25. The minimum absolute atomic E-state index is 0.0922. The van der Waals surface area contributed by atoms with E-state index in [1.807, 2.05) is 36.4 Å². The molecule has 7 N–H and O–H groups in total. The zero-order valence-electron chi connectivity index (χ0n) is 25.9. The predicted molar refractivity (Wildman–Crippen MR) is 196 cm³/mol. The molecule has 3 atom stereocenters. The number of hydrogen-bond donors (Lipinski definition) is 4. The fourth-order valence-electron chi connectivity index (χ4n) is 6.69. The van der Waals surface area contributed by atoms with Crippen LogP contribution in [0.2, 0.25) is 0 Å². The molecule has 228 valence electrons. The average molecular weight is 601 g/mol. The molecule has 0 amide bonds. The van der Waals surface area contributed by atoms with Gasteiger partial charge in [0.05, 0.1) is 0 Å². The number of nitrogens with one attached hydrogen (secondary N) is 1. The quantitative estimate of drug-likeness (QED) is 0.126. The van der Waals surface area contributed by atoms with E-state index < -0.39 is 0 Å². The zero-order valence-corrected chi connectivity index (χ0v) is 25.9. The second-order valence-electron chi connectivity index (χ2n) is 12.5. The van der Waals surface area contributed by atoms with Crippen LogP contribution in [-0.4, -0.2) is 6.04 Å². The lowest BCUT2D eigenvalue weighted by molar-refractivity contribution is 0.482. The van der Waals surface area contributed by atoms with Gasteiger partial charge in [0.2, 0.25) is 0 Å². The maximum Gasteiger partial charge on any atom is 0.0488 e. The van der Waals surface area contributed by atoms with Crippen molar-refractivity contribution >= 4 is 39.1 Å². The second-order valence-corrected chi connectivity index (χ2v) is 12.5. The van der Waals surface area contributed by atoms with E-state index >= 15 is 0 Å². The highest BCUT2D eigenvalue weighted by atomic mass is 14.9. The Morgan fingerprint density at radius 1 is 0.783 bits per heavy atom. The smallest absolute Gasteiger partial charge is 0.0488 e. The molecule has 0 spiro atoms. The van der Waals surface area contributed by atoms with Gasteiger partial charge in [-0.3, -0.25) is 0 Å². The number of benzene rings is 4. The summed E-state index contributed by atoms with van der Waals surface area (Å²) in [4.78, 5) is 0. The highest BCUT2D eigenvalue weighted by Crippen LogP contribution is 2.38. The van der Waals surface area contributed by atoms with Gasteiger partial charge in [0.1, 0.15) is 0 Å². The Morgan fingerprint density at radius 2 is 1.50 bits per heavy atom. The van der Waals surface area contributed by atoms with Crippen LogP contribution < -0.4 is 22.5 Å². The molecule has 4 nitrogen and oxygen atoms in total. The van der Waals surface area contributed by atoms with Gasteiger partial charge in [-0.2, -0.15) is 0 Å². The Bertz CT molecular complexity index is 1970. The van der Waals surface area contributed by atoms with Crippen LogP contribution in [0, 0.1) is 11.8 Å². The highest BCUT2D eigenvalue weighted by molar-refractivity contribution is 5.90. The molecule has 2 aliphatic carbocycles. The van der Waals surface area contributed by atoms with Crippen molar-refractivity contribution in [1.29, 1.82) is 0 Å². The van der Waals surface area contributed by atoms with Crippen molar-refractivity contribution < 1.29 is 0 Å². The van der Waals surface area contributed by atoms with Crippen molar-refractivity contribution in [3.63, 3.8) is 0 Å². The van der Waals surface area contributed by atoms with Gasteiger partial charge < -0.3 is 22.5 Å². The SMILES string of the molecule is N/C(=C\C(=C/CC1C=C(C2=CC3C=CC=CC3CC2)C=C(c2ccc(N)cc2)N1)c1ccc2ccccc2c1)c1ccc(N)cc1. The topological polar surface area (TPSA) is 90.1 Å². The van der Waals surface area contributed by atoms with Crippen LogP contribution >= 0.6 is 0 Å². The molecule has 0 bridgehead atoms. The van der Waals surface area contributed by atoms with Gasteiger partial charge in [-0.05, 0) is 112 Å². The molecule has 0 radical (unpaired) electrons. The zero-order chi connectivity index (χ0) is 31.5. The molecule has 0 aromatic heterocycles. The second kappa shape index (κ2) is 12.9. The Labute approximate surface area is 271 Å². The number of fused-ring (bicyclic) bond motifs is 2. The minimum Gasteiger partial charge on any atom is -0.399 e. The third kappa shape index (κ3) is 6.47. The molecular weight excluding hydrogens is 560 g/mol. The van der Waals surface area contributed by atoms with E-state index in [1.54, 1.807) is 0 Å². The molecular formula is C42H40N4. The molecule has 0 saturated heterocycles. The van der Waals surface area contributed by atoms with E-state index in [9.17, 15) is 0 Å². The van der Waals surface area contributed by atoms with Crippen LogP contribution in [0.1, 0.15) is 36.0 Å². The monoisotopic (exact) mass is 600 g/mol. The van der Waals surface area contributed by atoms with E-state index in [-0.39, 0.29) is 6.04 Å². The molecule has 7 rings (SSSR count). The molecule has 0 saturated carbocycles. The fourth-order valence-corrected chi connectivity index (χ4v) is 6.69. The summed E-state index contributed by atoms with van der Waals surface area (Å²) in [6, 6.07) is 31.0. The molecule has 46 heavy (non-hydrogen) atoms. The summed E-state index contributed by atoms with van der Waals surface area (Å²) in [6.07, 6.45) is 23.7. The van der Waals surface area contributed by atoms with Gasteiger partial charge in [-0.15, -0.1) is 0 Å². The normalized spacial score (nSPS) is 21.2. The Morgan fingerprint density at radius 3 is 2.30 bits per heavy atom. The predicted octanol–water partition coefficient (Wildman–Crippen LogP) is 8.80. The number of nitrogen functional groups attached to an aromatic ring is 2. The average Bonchev–Trinajstić information content (AvgIpc) is 3.10. The number of nitrogens with two attached hydrogens (primary N) is 3. The van der Waals surface area contributed by atoms with E-state index in [4.69, 9.17) is 17.2 Å². The molecule has 1 aliphatic heterocycles. The Hall–Kier alpha value is -5.48. The van der Waals surface area contributed by atoms with Gasteiger partial charge in [0.15, 0.2) is 0 Å². The first-order valence-corrected chi connectivity index (χ1v) is 16.1. The summed E-state index contributed by atoms with van der Waals surface area (Å²) in [7, 11) is 0. The molecule has 4 aromatic rings. The summed E-state index contributed by atoms with van der Waals surface area (Å²) < 4.78 is 0. The number of anilines is 2. The number of hydrogen-bond acceptors (Lipinski definition) is 4. The first-order valence-electron chi connectivity index (χ1n) is 16.1. The number of dihydropyridines is 1. The first-order chi connectivity index (χ1) is 22.5. The van der Waals surface area contributed by atoms with Gasteiger partial charge in [-0.25, -0.2) is 0 Å². The van der Waals surface area contributed by atoms with Crippen molar-refractivity contribution in [2.75, 3.05) is 11.5 Å². The molecule has 1 heterocycles. The maximum atomic E-state index is 6.70. The van der Waals surface area contributed by atoms with E-state index in [1.165, 1.54) is 28.3 Å². The highest BCUT2D eigenvalue weighted by Gasteiger charge is 2.25. The van der Waals surface area contributed by atoms with Crippen LogP contribution in [-0.2, 0) is 0 Å².